The number of benzene rings is 3. The van der Waals surface area contributed by atoms with Gasteiger partial charge in [0.2, 0.25) is 5.60 Å². The first-order valence-corrected chi connectivity index (χ1v) is 10.6. The van der Waals surface area contributed by atoms with E-state index >= 15 is 0 Å². The highest BCUT2D eigenvalue weighted by Gasteiger charge is 2.38. The molecule has 0 saturated carbocycles. The summed E-state index contributed by atoms with van der Waals surface area (Å²) < 4.78 is 57.9. The highest BCUT2D eigenvalue weighted by molar-refractivity contribution is 5.80. The second-order valence-electron chi connectivity index (χ2n) is 7.67. The van der Waals surface area contributed by atoms with Crippen LogP contribution in [0.3, 0.4) is 0 Å². The number of carbonyl (C=O) groups excluding carboxylic acids is 1. The third kappa shape index (κ3) is 7.43. The molecule has 0 aliphatic carbocycles. The van der Waals surface area contributed by atoms with Gasteiger partial charge >= 0.3 is 12.3 Å². The highest BCUT2D eigenvalue weighted by atomic mass is 19.4. The number of halogens is 3. The summed E-state index contributed by atoms with van der Waals surface area (Å²) >= 11 is 0. The van der Waals surface area contributed by atoms with Gasteiger partial charge in [-0.15, -0.1) is 13.2 Å². The smallest absolute Gasteiger partial charge is 0.489 e. The van der Waals surface area contributed by atoms with Crippen LogP contribution in [-0.4, -0.2) is 24.5 Å². The van der Waals surface area contributed by atoms with Crippen molar-refractivity contribution >= 4 is 5.97 Å². The van der Waals surface area contributed by atoms with E-state index in [9.17, 15) is 18.0 Å². The topological polar surface area (TPSA) is 54.0 Å². The number of ether oxygens (including phenoxy) is 4. The van der Waals surface area contributed by atoms with Crippen molar-refractivity contribution in [2.75, 3.05) is 6.61 Å². The first-order chi connectivity index (χ1) is 16.2. The van der Waals surface area contributed by atoms with Gasteiger partial charge in [-0.1, -0.05) is 42.5 Å². The first-order valence-electron chi connectivity index (χ1n) is 10.6. The van der Waals surface area contributed by atoms with E-state index in [1.807, 2.05) is 42.5 Å². The second-order valence-corrected chi connectivity index (χ2v) is 7.67. The molecule has 0 radical (unpaired) electrons. The molecule has 0 heterocycles. The molecule has 3 aromatic rings. The molecule has 3 rings (SSSR count). The van der Waals surface area contributed by atoms with Gasteiger partial charge in [-0.05, 0) is 61.4 Å². The number of carbonyl (C=O) groups is 1. The van der Waals surface area contributed by atoms with Crippen molar-refractivity contribution < 1.29 is 36.9 Å². The lowest BCUT2D eigenvalue weighted by molar-refractivity contribution is -0.274. The minimum absolute atomic E-state index is 0.155. The summed E-state index contributed by atoms with van der Waals surface area (Å²) in [6.07, 6.45) is -4.62. The maximum Gasteiger partial charge on any atom is 0.573 e. The number of alkyl halides is 3. The fourth-order valence-electron chi connectivity index (χ4n) is 3.24. The molecule has 0 N–H and O–H groups in total. The van der Waals surface area contributed by atoms with E-state index in [1.165, 1.54) is 12.1 Å². The zero-order chi connectivity index (χ0) is 24.6. The minimum Gasteiger partial charge on any atom is -0.489 e. The molecule has 0 aliphatic rings. The molecular weight excluding hydrogens is 449 g/mol. The molecule has 180 valence electrons. The summed E-state index contributed by atoms with van der Waals surface area (Å²) in [6.45, 7) is 3.84. The molecule has 5 nitrogen and oxygen atoms in total. The average molecular weight is 474 g/mol. The van der Waals surface area contributed by atoms with Crippen LogP contribution in [0.15, 0.2) is 78.9 Å². The van der Waals surface area contributed by atoms with Crippen LogP contribution in [0.1, 0.15) is 25.0 Å². The van der Waals surface area contributed by atoms with Gasteiger partial charge in [0, 0.05) is 6.42 Å². The Morgan fingerprint density at radius 3 is 1.88 bits per heavy atom. The van der Waals surface area contributed by atoms with Crippen LogP contribution in [-0.2, 0) is 22.6 Å². The molecule has 0 spiro atoms. The van der Waals surface area contributed by atoms with E-state index in [2.05, 4.69) is 4.74 Å². The third-order valence-corrected chi connectivity index (χ3v) is 4.82. The maximum absolute atomic E-state index is 12.7. The molecule has 0 aliphatic heterocycles. The lowest BCUT2D eigenvalue weighted by Gasteiger charge is -2.28. The SMILES string of the molecule is CCOC(=O)C(C)(Cc1ccc(OCc2ccccc2)cc1)Oc1ccc(OC(F)(F)F)cc1. The fourth-order valence-corrected chi connectivity index (χ4v) is 3.24. The molecule has 0 amide bonds. The first kappa shape index (κ1) is 25.0. The molecule has 0 saturated heterocycles. The van der Waals surface area contributed by atoms with Crippen molar-refractivity contribution in [3.63, 3.8) is 0 Å². The zero-order valence-corrected chi connectivity index (χ0v) is 18.8. The summed E-state index contributed by atoms with van der Waals surface area (Å²) in [4.78, 5) is 12.7. The molecule has 34 heavy (non-hydrogen) atoms. The van der Waals surface area contributed by atoms with Crippen LogP contribution in [0.4, 0.5) is 13.2 Å². The van der Waals surface area contributed by atoms with Crippen LogP contribution >= 0.6 is 0 Å². The quantitative estimate of drug-likeness (QED) is 0.332. The molecule has 0 aromatic heterocycles. The zero-order valence-electron chi connectivity index (χ0n) is 18.8. The lowest BCUT2D eigenvalue weighted by atomic mass is 9.96. The standard InChI is InChI=1S/C26H25F3O5/c1-3-31-24(30)25(2,33-22-13-15-23(16-14-22)34-26(27,28)29)17-19-9-11-21(12-10-19)32-18-20-7-5-4-6-8-20/h4-16H,3,17-18H2,1-2H3. The predicted octanol–water partition coefficient (Wildman–Crippen LogP) is 6.11. The molecule has 0 fully saturated rings. The van der Waals surface area contributed by atoms with Crippen molar-refractivity contribution in [1.82, 2.24) is 0 Å². The fraction of sp³-hybridized carbons (Fsp3) is 0.269. The van der Waals surface area contributed by atoms with Gasteiger partial charge in [-0.3, -0.25) is 0 Å². The number of hydrogen-bond donors (Lipinski definition) is 0. The van der Waals surface area contributed by atoms with Crippen molar-refractivity contribution in [2.45, 2.75) is 38.8 Å². The Hall–Kier alpha value is -3.68. The number of rotatable bonds is 10. The van der Waals surface area contributed by atoms with Crippen LogP contribution in [0.5, 0.6) is 17.2 Å². The van der Waals surface area contributed by atoms with E-state index in [0.29, 0.717) is 12.4 Å². The van der Waals surface area contributed by atoms with Gasteiger partial charge in [0.25, 0.3) is 0 Å². The summed E-state index contributed by atoms with van der Waals surface area (Å²) in [5.41, 5.74) is 0.426. The molecule has 8 heteroatoms. The minimum atomic E-state index is -4.79. The lowest BCUT2D eigenvalue weighted by Crippen LogP contribution is -2.45. The number of hydrogen-bond acceptors (Lipinski definition) is 5. The monoisotopic (exact) mass is 474 g/mol. The Balaban J connectivity index is 1.69. The van der Waals surface area contributed by atoms with Crippen LogP contribution in [0, 0.1) is 0 Å². The predicted molar refractivity (Wildman–Crippen MR) is 120 cm³/mol. The van der Waals surface area contributed by atoms with Gasteiger partial charge in [0.15, 0.2) is 0 Å². The maximum atomic E-state index is 12.7. The largest absolute Gasteiger partial charge is 0.573 e. The van der Waals surface area contributed by atoms with Gasteiger partial charge in [-0.25, -0.2) is 4.79 Å². The highest BCUT2D eigenvalue weighted by Crippen LogP contribution is 2.29. The Bertz CT molecular complexity index is 1050. The summed E-state index contributed by atoms with van der Waals surface area (Å²) in [5.74, 6) is -0.0988. The van der Waals surface area contributed by atoms with Crippen LogP contribution < -0.4 is 14.2 Å². The van der Waals surface area contributed by atoms with E-state index in [4.69, 9.17) is 14.2 Å². The van der Waals surface area contributed by atoms with Crippen molar-refractivity contribution in [3.8, 4) is 17.2 Å². The average Bonchev–Trinajstić information content (AvgIpc) is 2.80. The second kappa shape index (κ2) is 11.0. The molecule has 1 atom stereocenters. The van der Waals surface area contributed by atoms with Gasteiger partial charge in [0.1, 0.15) is 23.9 Å². The normalized spacial score (nSPS) is 13.0. The Morgan fingerprint density at radius 2 is 1.32 bits per heavy atom. The van der Waals surface area contributed by atoms with Gasteiger partial charge in [0.05, 0.1) is 6.61 Å². The Labute approximate surface area is 196 Å². The molecule has 0 bridgehead atoms. The van der Waals surface area contributed by atoms with Crippen molar-refractivity contribution in [1.29, 1.82) is 0 Å². The molecular formula is C26H25F3O5. The van der Waals surface area contributed by atoms with E-state index in [0.717, 1.165) is 23.3 Å². The molecule has 1 unspecified atom stereocenters. The Morgan fingerprint density at radius 1 is 0.765 bits per heavy atom. The van der Waals surface area contributed by atoms with Gasteiger partial charge in [-0.2, -0.15) is 0 Å². The van der Waals surface area contributed by atoms with Crippen molar-refractivity contribution in [3.05, 3.63) is 90.0 Å². The Kier molecular flexibility index (Phi) is 8.04. The summed E-state index contributed by atoms with van der Waals surface area (Å²) in [6, 6.07) is 21.8. The van der Waals surface area contributed by atoms with Gasteiger partial charge < -0.3 is 18.9 Å². The third-order valence-electron chi connectivity index (χ3n) is 4.82. The van der Waals surface area contributed by atoms with E-state index < -0.39 is 17.9 Å². The van der Waals surface area contributed by atoms with Crippen LogP contribution in [0.2, 0.25) is 0 Å². The van der Waals surface area contributed by atoms with E-state index in [-0.39, 0.29) is 24.5 Å². The van der Waals surface area contributed by atoms with E-state index in [1.54, 1.807) is 26.0 Å². The van der Waals surface area contributed by atoms with Crippen LogP contribution in [0.25, 0.3) is 0 Å². The molecule has 3 aromatic carbocycles. The summed E-state index contributed by atoms with van der Waals surface area (Å²) in [5, 5.41) is 0. The van der Waals surface area contributed by atoms with Crippen molar-refractivity contribution in [2.24, 2.45) is 0 Å². The number of esters is 1. The summed E-state index contributed by atoms with van der Waals surface area (Å²) in [7, 11) is 0.